The average Bonchev–Trinajstić information content (AvgIpc) is 3.65. The number of benzene rings is 3. The molecule has 0 saturated carbocycles. The minimum absolute atomic E-state index is 0.0915. The number of carbonyl (C=O) groups excluding carboxylic acids is 2. The summed E-state index contributed by atoms with van der Waals surface area (Å²) in [7, 11) is -2.32. The molecule has 0 bridgehead atoms. The number of sulfone groups is 1. The summed E-state index contributed by atoms with van der Waals surface area (Å²) >= 11 is 6.35. The second-order valence-corrected chi connectivity index (χ2v) is 14.1. The number of aromatic nitrogens is 4. The van der Waals surface area contributed by atoms with E-state index in [4.69, 9.17) is 21.1 Å². The summed E-state index contributed by atoms with van der Waals surface area (Å²) in [6.45, 7) is 0.646. The Morgan fingerprint density at radius 3 is 2.32 bits per heavy atom. The molecule has 14 nitrogen and oxygen atoms in total. The fourth-order valence-corrected chi connectivity index (χ4v) is 6.59. The summed E-state index contributed by atoms with van der Waals surface area (Å²) in [4.78, 5) is 33.6. The van der Waals surface area contributed by atoms with Crippen molar-refractivity contribution in [2.75, 3.05) is 30.9 Å². The van der Waals surface area contributed by atoms with Crippen LogP contribution in [0.15, 0.2) is 99.6 Å². The predicted molar refractivity (Wildman–Crippen MR) is 199 cm³/mol. The normalized spacial score (nSPS) is 11.1. The molecule has 53 heavy (non-hydrogen) atoms. The maximum atomic E-state index is 12.8. The fraction of sp³-hybridized carbons (Fsp3) is 0.297. The Balaban J connectivity index is 0.961. The van der Waals surface area contributed by atoms with E-state index in [9.17, 15) is 18.0 Å². The quantitative estimate of drug-likeness (QED) is 0.0539. The van der Waals surface area contributed by atoms with Gasteiger partial charge in [-0.2, -0.15) is 4.98 Å². The first kappa shape index (κ1) is 38.7. The number of nitrogens with zero attached hydrogens (tertiary/aromatic N) is 4. The lowest BCUT2D eigenvalue weighted by molar-refractivity contribution is -0.142. The minimum Gasteiger partial charge on any atom is -0.473 e. The molecule has 0 aliphatic rings. The highest BCUT2D eigenvalue weighted by molar-refractivity contribution is 7.91. The minimum atomic E-state index is -3.88. The Labute approximate surface area is 312 Å². The van der Waals surface area contributed by atoms with Gasteiger partial charge >= 0.3 is 5.97 Å². The van der Waals surface area contributed by atoms with Crippen LogP contribution in [0.2, 0.25) is 5.02 Å². The van der Waals surface area contributed by atoms with Gasteiger partial charge in [0.2, 0.25) is 15.8 Å². The molecule has 1 amide bonds. The molecule has 0 radical (unpaired) electrons. The number of nitrogens with one attached hydrogen (secondary N) is 3. The van der Waals surface area contributed by atoms with Crippen LogP contribution in [0.3, 0.4) is 0 Å². The highest BCUT2D eigenvalue weighted by Gasteiger charge is 2.28. The van der Waals surface area contributed by atoms with E-state index in [-0.39, 0.29) is 45.1 Å². The van der Waals surface area contributed by atoms with Crippen molar-refractivity contribution in [2.24, 2.45) is 0 Å². The van der Waals surface area contributed by atoms with Crippen molar-refractivity contribution in [3.8, 4) is 5.88 Å². The first-order valence-corrected chi connectivity index (χ1v) is 19.0. The number of anilines is 4. The summed E-state index contributed by atoms with van der Waals surface area (Å²) in [6, 6.07) is 22.3. The molecule has 0 aliphatic carbocycles. The number of esters is 1. The highest BCUT2D eigenvalue weighted by atomic mass is 35.5. The third-order valence-corrected chi connectivity index (χ3v) is 9.88. The summed E-state index contributed by atoms with van der Waals surface area (Å²) in [5.74, 6) is -0.0990. The van der Waals surface area contributed by atoms with E-state index in [2.05, 4.69) is 40.9 Å². The van der Waals surface area contributed by atoms with Crippen molar-refractivity contribution in [3.05, 3.63) is 101 Å². The Morgan fingerprint density at radius 1 is 0.830 bits per heavy atom. The van der Waals surface area contributed by atoms with E-state index in [0.29, 0.717) is 36.0 Å². The predicted octanol–water partition coefficient (Wildman–Crippen LogP) is 7.09. The van der Waals surface area contributed by atoms with Gasteiger partial charge < -0.3 is 25.4 Å². The van der Waals surface area contributed by atoms with E-state index in [0.717, 1.165) is 50.5 Å². The Morgan fingerprint density at radius 2 is 1.55 bits per heavy atom. The van der Waals surface area contributed by atoms with Crippen LogP contribution in [0.5, 0.6) is 5.88 Å². The number of halogens is 1. The zero-order valence-electron chi connectivity index (χ0n) is 29.1. The smallest absolute Gasteiger partial charge is 0.310 e. The van der Waals surface area contributed by atoms with E-state index < -0.39 is 9.84 Å². The molecule has 16 heteroatoms. The third-order valence-electron chi connectivity index (χ3n) is 7.96. The fourth-order valence-electron chi connectivity index (χ4n) is 5.25. The summed E-state index contributed by atoms with van der Waals surface area (Å²) in [5, 5.41) is 16.0. The van der Waals surface area contributed by atoms with Gasteiger partial charge in [0.15, 0.2) is 5.82 Å². The number of amides is 1. The van der Waals surface area contributed by atoms with Crippen molar-refractivity contribution in [1.82, 2.24) is 25.6 Å². The zero-order valence-corrected chi connectivity index (χ0v) is 30.7. The standard InChI is InChI=1S/C37H40ClN7O7S/c1-39-34(47)29-19-10-11-20-31(29)42-33-30(38)25-40-37(43-33)41-27-16-14-15-26(23-27)24-32(46)50-21-12-5-3-2-4-6-13-22-51-35-36(45-52-44-35)53(48,49)28-17-8-7-9-18-28/h7-11,14-20,23,25H,2-6,12-13,21-22,24H2,1H3,(H,39,47)(H2,40,41,42,43). The molecule has 2 aromatic heterocycles. The number of hydrogen-bond donors (Lipinski definition) is 3. The van der Waals surface area contributed by atoms with Gasteiger partial charge in [-0.05, 0) is 65.1 Å². The van der Waals surface area contributed by atoms with Crippen molar-refractivity contribution in [2.45, 2.75) is 61.3 Å². The van der Waals surface area contributed by atoms with E-state index in [1.807, 2.05) is 24.3 Å². The Bertz CT molecular complexity index is 2080. The van der Waals surface area contributed by atoms with Gasteiger partial charge in [-0.25, -0.2) is 18.0 Å². The molecule has 0 fully saturated rings. The first-order chi connectivity index (χ1) is 25.7. The van der Waals surface area contributed by atoms with Crippen LogP contribution in [-0.4, -0.2) is 60.8 Å². The van der Waals surface area contributed by atoms with E-state index in [1.165, 1.54) is 18.3 Å². The van der Waals surface area contributed by atoms with Crippen LogP contribution in [0.4, 0.5) is 23.1 Å². The van der Waals surface area contributed by atoms with Crippen molar-refractivity contribution in [3.63, 3.8) is 0 Å². The topological polar surface area (TPSA) is 188 Å². The highest BCUT2D eigenvalue weighted by Crippen LogP contribution is 2.28. The molecule has 2 heterocycles. The van der Waals surface area contributed by atoms with E-state index in [1.54, 1.807) is 49.5 Å². The molecule has 3 N–H and O–H groups in total. The SMILES string of the molecule is CNC(=O)c1ccccc1Nc1nc(Nc2cccc(CC(=O)OCCCCCCCCCOc3nonc3S(=O)(=O)c3ccccc3)c2)ncc1Cl. The zero-order chi connectivity index (χ0) is 37.5. The van der Waals surface area contributed by atoms with Gasteiger partial charge in [0.25, 0.3) is 16.8 Å². The van der Waals surface area contributed by atoms with Crippen LogP contribution >= 0.6 is 11.6 Å². The molecule has 0 saturated heterocycles. The van der Waals surface area contributed by atoms with Crippen molar-refractivity contribution in [1.29, 1.82) is 0 Å². The monoisotopic (exact) mass is 761 g/mol. The number of carbonyl (C=O) groups is 2. The maximum absolute atomic E-state index is 12.8. The summed E-state index contributed by atoms with van der Waals surface area (Å²) < 4.78 is 41.2. The number of unbranched alkanes of at least 4 members (excludes halogenated alkanes) is 6. The molecule has 0 aliphatic heterocycles. The van der Waals surface area contributed by atoms with E-state index >= 15 is 0 Å². The van der Waals surface area contributed by atoms with Gasteiger partial charge in [-0.15, -0.1) is 0 Å². The summed E-state index contributed by atoms with van der Waals surface area (Å²) in [5.41, 5.74) is 2.42. The molecule has 3 aromatic carbocycles. The lowest BCUT2D eigenvalue weighted by Gasteiger charge is -2.13. The van der Waals surface area contributed by atoms with Gasteiger partial charge in [0, 0.05) is 12.7 Å². The number of rotatable bonds is 20. The number of hydrogen-bond acceptors (Lipinski definition) is 13. The largest absolute Gasteiger partial charge is 0.473 e. The molecule has 0 spiro atoms. The lowest BCUT2D eigenvalue weighted by atomic mass is 10.1. The first-order valence-electron chi connectivity index (χ1n) is 17.1. The van der Waals surface area contributed by atoms with Crippen LogP contribution in [0.1, 0.15) is 60.9 Å². The van der Waals surface area contributed by atoms with Gasteiger partial charge in [0.05, 0.1) is 42.0 Å². The number of para-hydroxylation sites is 1. The van der Waals surface area contributed by atoms with Crippen molar-refractivity contribution < 1.29 is 32.1 Å². The second kappa shape index (κ2) is 19.3. The van der Waals surface area contributed by atoms with Crippen LogP contribution in [0, 0.1) is 0 Å². The van der Waals surface area contributed by atoms with Gasteiger partial charge in [-0.1, -0.05) is 86.2 Å². The average molecular weight is 762 g/mol. The Kier molecular flexibility index (Phi) is 14.1. The molecule has 5 rings (SSSR count). The summed E-state index contributed by atoms with van der Waals surface area (Å²) in [6.07, 6.45) is 7.93. The molecule has 0 unspecified atom stereocenters. The third kappa shape index (κ3) is 11.2. The van der Waals surface area contributed by atoms with Crippen LogP contribution in [0.25, 0.3) is 0 Å². The van der Waals surface area contributed by atoms with Crippen LogP contribution < -0.4 is 20.7 Å². The molecule has 278 valence electrons. The van der Waals surface area contributed by atoms with Gasteiger partial charge in [0.1, 0.15) is 5.02 Å². The second-order valence-electron chi connectivity index (χ2n) is 11.9. The van der Waals surface area contributed by atoms with Gasteiger partial charge in [-0.3, -0.25) is 9.59 Å². The molecular formula is C37H40ClN7O7S. The van der Waals surface area contributed by atoms with Crippen molar-refractivity contribution >= 4 is 56.5 Å². The Hall–Kier alpha value is -5.54. The lowest BCUT2D eigenvalue weighted by Crippen LogP contribution is -2.19. The molecule has 0 atom stereocenters. The van der Waals surface area contributed by atoms with Crippen LogP contribution in [-0.2, 0) is 25.8 Å². The molecular weight excluding hydrogens is 722 g/mol. The number of ether oxygens (including phenoxy) is 2. The molecule has 5 aromatic rings. The maximum Gasteiger partial charge on any atom is 0.310 e.